The molecule has 668 valence electrons. The van der Waals surface area contributed by atoms with Crippen LogP contribution in [-0.4, -0.2) is 273 Å². The lowest BCUT2D eigenvalue weighted by molar-refractivity contribution is -0.164. The topological polar surface area (TPSA) is 740 Å². The summed E-state index contributed by atoms with van der Waals surface area (Å²) >= 11 is 0. The number of phenolic OH excluding ortho intramolecular Hbond substituents is 1. The van der Waals surface area contributed by atoms with Gasteiger partial charge in [0.2, 0.25) is 82.7 Å². The molecule has 44 heteroatoms. The van der Waals surface area contributed by atoms with Crippen molar-refractivity contribution < 1.29 is 112 Å². The minimum atomic E-state index is -2.71. The molecule has 2 heterocycles. The number of phenols is 1. The van der Waals surface area contributed by atoms with E-state index in [0.717, 1.165) is 37.8 Å². The maximum absolute atomic E-state index is 15.4. The first-order valence-electron chi connectivity index (χ1n) is 39.3. The van der Waals surface area contributed by atoms with E-state index in [0.29, 0.717) is 6.42 Å². The summed E-state index contributed by atoms with van der Waals surface area (Å²) in [4.78, 5) is 239. The number of hydrogen-bond donors (Lipinski definition) is 22. The van der Waals surface area contributed by atoms with Gasteiger partial charge in [0, 0.05) is 46.1 Å². The minimum Gasteiger partial charge on any atom is -0.508 e. The Hall–Kier alpha value is -11.1. The number of rotatable bonds is 38. The van der Waals surface area contributed by atoms with Crippen LogP contribution in [0.1, 0.15) is 164 Å². The maximum atomic E-state index is 15.4. The molecule has 2 fully saturated rings. The average Bonchev–Trinajstić information content (AvgIpc) is 0.995. The van der Waals surface area contributed by atoms with E-state index in [4.69, 9.17) is 55.3 Å². The lowest BCUT2D eigenvalue weighted by Crippen LogP contribution is -2.65. The van der Waals surface area contributed by atoms with Crippen LogP contribution in [-0.2, 0) is 86.2 Å². The van der Waals surface area contributed by atoms with E-state index in [-0.39, 0.29) is 93.7 Å². The van der Waals surface area contributed by atoms with Crippen LogP contribution >= 0.6 is 0 Å². The van der Waals surface area contributed by atoms with E-state index in [1.807, 2.05) is 13.8 Å². The number of likely N-dealkylation sites (N-methyl/N-ethyl adjacent to an activating group) is 1. The largest absolute Gasteiger partial charge is 0.508 e. The highest BCUT2D eigenvalue weighted by Gasteiger charge is 2.47. The van der Waals surface area contributed by atoms with Crippen molar-refractivity contribution in [3.8, 4) is 5.75 Å². The zero-order valence-electron chi connectivity index (χ0n) is 69.4. The van der Waals surface area contributed by atoms with Crippen molar-refractivity contribution in [3.63, 3.8) is 0 Å². The van der Waals surface area contributed by atoms with Crippen molar-refractivity contribution in [3.05, 3.63) is 29.8 Å². The Balaban J connectivity index is 2.43. The Kier molecular flexibility index (Phi) is 41.8. The second kappa shape index (κ2) is 48.7. The van der Waals surface area contributed by atoms with E-state index in [2.05, 4.69) is 57.8 Å². The summed E-state index contributed by atoms with van der Waals surface area (Å²) < 4.78 is 11.8. The van der Waals surface area contributed by atoms with Crippen LogP contribution in [0.5, 0.6) is 5.75 Å². The van der Waals surface area contributed by atoms with E-state index >= 15 is 33.6 Å². The Labute approximate surface area is 689 Å². The molecule has 0 aliphatic carbocycles. The summed E-state index contributed by atoms with van der Waals surface area (Å²) in [5.41, 5.74) is 45.0. The number of aliphatic hydroxyl groups is 4. The van der Waals surface area contributed by atoms with Gasteiger partial charge in [-0.1, -0.05) is 67.5 Å². The number of cyclic esters (lactones) is 1. The van der Waals surface area contributed by atoms with Gasteiger partial charge >= 0.3 is 5.97 Å². The van der Waals surface area contributed by atoms with Gasteiger partial charge in [0.1, 0.15) is 84.5 Å². The third-order valence-corrected chi connectivity index (χ3v) is 20.6. The van der Waals surface area contributed by atoms with Gasteiger partial charge in [-0.05, 0) is 119 Å². The fraction of sp³-hybridized carbons (Fsp3) is 0.680. The lowest BCUT2D eigenvalue weighted by atomic mass is 9.87. The number of aromatic hydroxyl groups is 1. The number of nitrogens with one attached hydrogen (secondary N) is 9. The van der Waals surface area contributed by atoms with Gasteiger partial charge in [0.25, 0.3) is 5.91 Å². The molecule has 0 spiro atoms. The van der Waals surface area contributed by atoms with Crippen molar-refractivity contribution in [2.24, 2.45) is 91.4 Å². The van der Waals surface area contributed by atoms with Gasteiger partial charge in [-0.3, -0.25) is 81.9 Å². The second-order valence-electron chi connectivity index (χ2n) is 31.2. The summed E-state index contributed by atoms with van der Waals surface area (Å²) in [5.74, 6) is -25.4. The normalized spacial score (nSPS) is 23.3. The third-order valence-electron chi connectivity index (χ3n) is 20.6. The molecule has 0 aromatic heterocycles. The molecule has 15 amide bonds. The number of carbonyl (C=O) groups is 16. The van der Waals surface area contributed by atoms with Crippen LogP contribution in [0.15, 0.2) is 34.3 Å². The number of primary amides is 4. The van der Waals surface area contributed by atoms with Crippen molar-refractivity contribution in [2.75, 3.05) is 33.8 Å². The molecule has 21 atom stereocenters. The summed E-state index contributed by atoms with van der Waals surface area (Å²) in [6.45, 7) is 14.0. The molecule has 0 saturated carbocycles. The molecule has 1 aromatic carbocycles. The SMILES string of the molecule is CO[C@@H](c1ccc(O)cc1)[C@H]1NC(=O)[C@H](CCC(N)=O)N(C)C(=O)[C@H](CC(C)C)NC(=O)[C@@H](CCCN=C(N)N)NC(=O)[C@@H]([C@@H](C)O)NC(=O)[C@H](NC(=O)[C@@H](NC(=O)[C@H](O)[C@H](O)[C@H](CCCN=C(N)N)NC(=O)[C@H](CC(N)=O)NC(=O)[C@H](C)[C@H](O)[C@H](C)CC(C)C)[C@@H](C)[C@@H](C)C(N)=O)[C@@H](C)OC(=O)[C@@H]2CCCCN2C(=O)[C@@H](CC(N)=O)NC1=O. The molecule has 2 saturated heterocycles. The average molecular weight is 1690 g/mol. The number of amides is 15. The third kappa shape index (κ3) is 32.3. The Morgan fingerprint density at radius 2 is 1.19 bits per heavy atom. The van der Waals surface area contributed by atoms with Crippen LogP contribution in [0.25, 0.3) is 0 Å². The number of nitrogens with two attached hydrogens (primary N) is 8. The highest BCUT2D eigenvalue weighted by Crippen LogP contribution is 2.28. The first kappa shape index (κ1) is 102. The number of hydrogen-bond acceptors (Lipinski definition) is 25. The minimum absolute atomic E-state index is 0.0999. The van der Waals surface area contributed by atoms with Gasteiger partial charge in [-0.15, -0.1) is 0 Å². The number of guanidine groups is 2. The summed E-state index contributed by atoms with van der Waals surface area (Å²) in [5, 5.41) is 78.3. The van der Waals surface area contributed by atoms with Crippen LogP contribution in [0.3, 0.4) is 0 Å². The molecule has 2 aliphatic heterocycles. The van der Waals surface area contributed by atoms with Crippen molar-refractivity contribution in [1.29, 1.82) is 0 Å². The van der Waals surface area contributed by atoms with Crippen LogP contribution in [0, 0.1) is 35.5 Å². The van der Waals surface area contributed by atoms with E-state index in [9.17, 15) is 68.7 Å². The van der Waals surface area contributed by atoms with Gasteiger partial charge in [0.15, 0.2) is 18.0 Å². The zero-order valence-corrected chi connectivity index (χ0v) is 69.4. The first-order valence-corrected chi connectivity index (χ1v) is 39.3. The molecule has 0 unspecified atom stereocenters. The number of methoxy groups -OCH3 is 1. The molecule has 1 aromatic rings. The van der Waals surface area contributed by atoms with Crippen LogP contribution in [0.4, 0.5) is 0 Å². The Morgan fingerprint density at radius 1 is 0.613 bits per heavy atom. The number of nitrogens with zero attached hydrogens (tertiary/aromatic N) is 4. The molecular weight excluding hydrogens is 1560 g/mol. The number of piperidine rings is 1. The molecule has 0 radical (unpaired) electrons. The van der Waals surface area contributed by atoms with Gasteiger partial charge in [0.05, 0.1) is 37.0 Å². The number of carbonyl (C=O) groups excluding carboxylic acids is 16. The number of benzene rings is 1. The quantitative estimate of drug-likeness (QED) is 0.0127. The molecule has 44 nitrogen and oxygen atoms in total. The monoisotopic (exact) mass is 1690 g/mol. The Morgan fingerprint density at radius 3 is 1.74 bits per heavy atom. The first-order chi connectivity index (χ1) is 55.5. The van der Waals surface area contributed by atoms with Crippen LogP contribution < -0.4 is 93.7 Å². The van der Waals surface area contributed by atoms with Crippen LogP contribution in [0.2, 0.25) is 0 Å². The van der Waals surface area contributed by atoms with E-state index in [1.165, 1.54) is 45.0 Å². The van der Waals surface area contributed by atoms with E-state index < -0.39 is 259 Å². The number of esters is 1. The summed E-state index contributed by atoms with van der Waals surface area (Å²) in [6.07, 6.45) is -15.5. The fourth-order valence-electron chi connectivity index (χ4n) is 13.7. The molecular formula is C75H125N21O23. The molecule has 2 aliphatic rings. The van der Waals surface area contributed by atoms with Crippen molar-refractivity contribution in [1.82, 2.24) is 57.7 Å². The van der Waals surface area contributed by atoms with Gasteiger partial charge < -0.3 is 139 Å². The molecule has 0 bridgehead atoms. The van der Waals surface area contributed by atoms with Crippen molar-refractivity contribution in [2.45, 2.75) is 256 Å². The fourth-order valence-corrected chi connectivity index (χ4v) is 13.7. The molecule has 30 N–H and O–H groups in total. The predicted octanol–water partition coefficient (Wildman–Crippen LogP) is -7.69. The Bertz CT molecular complexity index is 3750. The number of fused-ring (bicyclic) bond motifs is 1. The van der Waals surface area contributed by atoms with E-state index in [1.54, 1.807) is 20.8 Å². The maximum Gasteiger partial charge on any atom is 0.329 e. The van der Waals surface area contributed by atoms with Gasteiger partial charge in [-0.25, -0.2) is 4.79 Å². The van der Waals surface area contributed by atoms with Gasteiger partial charge in [-0.2, -0.15) is 0 Å². The highest BCUT2D eigenvalue weighted by molar-refractivity contribution is 6.01. The lowest BCUT2D eigenvalue weighted by Gasteiger charge is -2.38. The summed E-state index contributed by atoms with van der Waals surface area (Å²) in [6, 6.07) is -16.1. The predicted molar refractivity (Wildman–Crippen MR) is 427 cm³/mol. The number of aliphatic imine (C=N–C) groups is 2. The smallest absolute Gasteiger partial charge is 0.329 e. The van der Waals surface area contributed by atoms with Crippen molar-refractivity contribution >= 4 is 106 Å². The standard InChI is InChI=1S/C75H125N21O23/c1-33(2)29-35(5)57(102)38(8)62(106)88-45(31-51(77)100)64(108)86-43(17-15-26-84-74(80)81)58(103)59(104)70(114)91-53(36(6)37(7)61(79)105)66(110)93-55-40(10)119-73(117)49-19-13-14-28-96(49)72(116)47(32-52(78)101)90-69(113)56(60(118-12)41-20-22-42(98)23-21-41)94-65(109)48(24-25-50(76)99)95(11)71(115)46(30-34(3)4)89-63(107)44(18-16-27-85-75(82)83)87-67(111)54(39(9)97)92-68(55)112/h20-23,33-40,43-49,53-60,97-98,102-104H,13-19,24-32H2,1-12H3,(H2,76,99)(H2,77,100)(H2,78,101)(H2,79,105)(H,86,108)(H,87,111)(H,88,106)(H,89,107)(H,90,113)(H,91,114)(H,92,112)(H,93,110)(H,94,109)(H4,80,81,84)(H4,82,83,85)/t35-,36+,37-,38-,39-,40-,43+,44-,45+,46+,47-,48+,49+,53+,54-,55-,56-,57-,58-,59-,60+/m1/s1. The second-order valence-corrected chi connectivity index (χ2v) is 31.2. The number of aliphatic hydroxyl groups excluding tert-OH is 4. The molecule has 3 rings (SSSR count). The molecule has 119 heavy (non-hydrogen) atoms. The zero-order chi connectivity index (χ0) is 90.3. The highest BCUT2D eigenvalue weighted by atomic mass is 16.5. The summed E-state index contributed by atoms with van der Waals surface area (Å²) in [7, 11) is 2.25. The number of ether oxygens (including phenoxy) is 2.